The SMILES string of the molecule is C=CCCC(=O)C(CC=C)(Sc1ccccc1)c1ccc(C)cc1. The summed E-state index contributed by atoms with van der Waals surface area (Å²) >= 11 is 1.62. The molecule has 124 valence electrons. The van der Waals surface area contributed by atoms with Gasteiger partial charge in [0.25, 0.3) is 0 Å². The van der Waals surface area contributed by atoms with E-state index in [1.165, 1.54) is 5.56 Å². The highest BCUT2D eigenvalue weighted by molar-refractivity contribution is 8.01. The number of carbonyl (C=O) groups is 1. The number of carbonyl (C=O) groups excluding carboxylic acids is 1. The van der Waals surface area contributed by atoms with Crippen LogP contribution >= 0.6 is 11.8 Å². The Labute approximate surface area is 149 Å². The van der Waals surface area contributed by atoms with E-state index in [0.29, 0.717) is 19.3 Å². The third-order valence-corrected chi connectivity index (χ3v) is 5.50. The zero-order valence-electron chi connectivity index (χ0n) is 14.2. The lowest BCUT2D eigenvalue weighted by molar-refractivity contribution is -0.121. The predicted octanol–water partition coefficient (Wildman–Crippen LogP) is 6.09. The molecule has 1 nitrogen and oxygen atoms in total. The van der Waals surface area contributed by atoms with Gasteiger partial charge < -0.3 is 0 Å². The van der Waals surface area contributed by atoms with Gasteiger partial charge in [0.15, 0.2) is 5.78 Å². The van der Waals surface area contributed by atoms with E-state index in [9.17, 15) is 4.79 Å². The summed E-state index contributed by atoms with van der Waals surface area (Å²) in [5, 5.41) is 0. The Balaban J connectivity index is 2.50. The lowest BCUT2D eigenvalue weighted by atomic mass is 9.87. The number of thioether (sulfide) groups is 1. The van der Waals surface area contributed by atoms with Crippen LogP contribution in [0.25, 0.3) is 0 Å². The van der Waals surface area contributed by atoms with E-state index in [4.69, 9.17) is 0 Å². The predicted molar refractivity (Wildman–Crippen MR) is 104 cm³/mol. The summed E-state index contributed by atoms with van der Waals surface area (Å²) in [4.78, 5) is 14.3. The van der Waals surface area contributed by atoms with Gasteiger partial charge in [-0.15, -0.1) is 24.9 Å². The van der Waals surface area contributed by atoms with Crippen molar-refractivity contribution in [2.24, 2.45) is 0 Å². The molecule has 2 aromatic rings. The van der Waals surface area contributed by atoms with Gasteiger partial charge in [-0.05, 0) is 37.5 Å². The summed E-state index contributed by atoms with van der Waals surface area (Å²) in [6.07, 6.45) is 5.44. The minimum Gasteiger partial charge on any atom is -0.298 e. The number of hydrogen-bond acceptors (Lipinski definition) is 2. The van der Waals surface area contributed by atoms with Crippen LogP contribution in [0.4, 0.5) is 0 Å². The first-order chi connectivity index (χ1) is 11.6. The van der Waals surface area contributed by atoms with E-state index in [2.05, 4.69) is 56.5 Å². The fourth-order valence-corrected chi connectivity index (χ4v) is 4.07. The fourth-order valence-electron chi connectivity index (χ4n) is 2.70. The highest BCUT2D eigenvalue weighted by Crippen LogP contribution is 2.46. The molecule has 2 aromatic carbocycles. The second-order valence-corrected chi connectivity index (χ2v) is 7.22. The number of aryl methyl sites for hydroxylation is 1. The second kappa shape index (κ2) is 8.70. The van der Waals surface area contributed by atoms with Gasteiger partial charge >= 0.3 is 0 Å². The average Bonchev–Trinajstić information content (AvgIpc) is 2.60. The molecular formula is C22H24OS. The van der Waals surface area contributed by atoms with Gasteiger partial charge in [0.2, 0.25) is 0 Å². The maximum absolute atomic E-state index is 13.2. The number of hydrogen-bond donors (Lipinski definition) is 0. The van der Waals surface area contributed by atoms with Crippen molar-refractivity contribution >= 4 is 17.5 Å². The monoisotopic (exact) mass is 336 g/mol. The molecule has 1 unspecified atom stereocenters. The van der Waals surface area contributed by atoms with E-state index in [-0.39, 0.29) is 5.78 Å². The first-order valence-corrected chi connectivity index (χ1v) is 9.00. The molecule has 0 aliphatic carbocycles. The van der Waals surface area contributed by atoms with Crippen molar-refractivity contribution in [2.75, 3.05) is 0 Å². The number of allylic oxidation sites excluding steroid dienone is 2. The number of benzene rings is 2. The van der Waals surface area contributed by atoms with E-state index in [1.54, 1.807) is 17.8 Å². The molecule has 0 N–H and O–H groups in total. The van der Waals surface area contributed by atoms with E-state index in [0.717, 1.165) is 10.5 Å². The fraction of sp³-hybridized carbons (Fsp3) is 0.227. The van der Waals surface area contributed by atoms with Crippen LogP contribution in [0.5, 0.6) is 0 Å². The molecule has 1 atom stereocenters. The quantitative estimate of drug-likeness (QED) is 0.407. The van der Waals surface area contributed by atoms with Gasteiger partial charge in [-0.2, -0.15) is 0 Å². The van der Waals surface area contributed by atoms with Crippen molar-refractivity contribution in [3.63, 3.8) is 0 Å². The standard InChI is InChI=1S/C22H24OS/c1-4-6-12-21(23)22(17-5-2,19-15-13-18(3)14-16-19)24-20-10-8-7-9-11-20/h4-5,7-11,13-16H,1-2,6,12,17H2,3H3. The van der Waals surface area contributed by atoms with Gasteiger partial charge in [0.05, 0.1) is 0 Å². The molecule has 2 rings (SSSR count). The zero-order valence-corrected chi connectivity index (χ0v) is 15.0. The van der Waals surface area contributed by atoms with Crippen LogP contribution in [0.1, 0.15) is 30.4 Å². The van der Waals surface area contributed by atoms with Gasteiger partial charge in [-0.25, -0.2) is 0 Å². The summed E-state index contributed by atoms with van der Waals surface area (Å²) in [6, 6.07) is 18.4. The zero-order chi connectivity index (χ0) is 17.4. The summed E-state index contributed by atoms with van der Waals surface area (Å²) < 4.78 is -0.639. The van der Waals surface area contributed by atoms with E-state index >= 15 is 0 Å². The Hall–Kier alpha value is -2.06. The molecule has 0 aromatic heterocycles. The number of rotatable bonds is 9. The highest BCUT2D eigenvalue weighted by Gasteiger charge is 2.39. The van der Waals surface area contributed by atoms with E-state index in [1.807, 2.05) is 24.3 Å². The maximum atomic E-state index is 13.2. The molecule has 0 spiro atoms. The lowest BCUT2D eigenvalue weighted by Gasteiger charge is -2.32. The van der Waals surface area contributed by atoms with Crippen molar-refractivity contribution in [1.82, 2.24) is 0 Å². The Morgan fingerprint density at radius 3 is 2.29 bits per heavy atom. The maximum Gasteiger partial charge on any atom is 0.154 e. The molecule has 0 bridgehead atoms. The van der Waals surface area contributed by atoms with Crippen LogP contribution < -0.4 is 0 Å². The summed E-state index contributed by atoms with van der Waals surface area (Å²) in [5.74, 6) is 0.222. The van der Waals surface area contributed by atoms with Crippen LogP contribution in [0.15, 0.2) is 84.8 Å². The molecule has 0 amide bonds. The first-order valence-electron chi connectivity index (χ1n) is 8.18. The van der Waals surface area contributed by atoms with Crippen molar-refractivity contribution in [2.45, 2.75) is 35.8 Å². The topological polar surface area (TPSA) is 17.1 Å². The molecule has 0 saturated heterocycles. The van der Waals surface area contributed by atoms with Crippen molar-refractivity contribution in [1.29, 1.82) is 0 Å². The lowest BCUT2D eigenvalue weighted by Crippen LogP contribution is -2.32. The van der Waals surface area contributed by atoms with E-state index < -0.39 is 4.75 Å². The minimum atomic E-state index is -0.639. The Morgan fingerprint density at radius 1 is 1.04 bits per heavy atom. The Morgan fingerprint density at radius 2 is 1.71 bits per heavy atom. The second-order valence-electron chi connectivity index (χ2n) is 5.85. The van der Waals surface area contributed by atoms with Gasteiger partial charge in [-0.3, -0.25) is 4.79 Å². The molecule has 24 heavy (non-hydrogen) atoms. The third kappa shape index (κ3) is 4.27. The Kier molecular flexibility index (Phi) is 6.62. The summed E-state index contributed by atoms with van der Waals surface area (Å²) in [6.45, 7) is 9.72. The Bertz CT molecular complexity index is 688. The van der Waals surface area contributed by atoms with Crippen molar-refractivity contribution in [3.05, 3.63) is 91.0 Å². The molecular weight excluding hydrogens is 312 g/mol. The van der Waals surface area contributed by atoms with Crippen LogP contribution in [0.3, 0.4) is 0 Å². The third-order valence-electron chi connectivity index (χ3n) is 4.01. The largest absolute Gasteiger partial charge is 0.298 e. The highest BCUT2D eigenvalue weighted by atomic mass is 32.2. The molecule has 0 aliphatic rings. The van der Waals surface area contributed by atoms with Gasteiger partial charge in [0.1, 0.15) is 4.75 Å². The molecule has 0 aliphatic heterocycles. The average molecular weight is 337 g/mol. The van der Waals surface area contributed by atoms with Crippen LogP contribution in [-0.4, -0.2) is 5.78 Å². The minimum absolute atomic E-state index is 0.222. The van der Waals surface area contributed by atoms with Crippen molar-refractivity contribution in [3.8, 4) is 0 Å². The number of ketones is 1. The molecule has 0 radical (unpaired) electrons. The number of Topliss-reactive ketones (excluding diaryl/α,β-unsaturated/α-hetero) is 1. The smallest absolute Gasteiger partial charge is 0.154 e. The van der Waals surface area contributed by atoms with Crippen LogP contribution in [-0.2, 0) is 9.54 Å². The normalized spacial score (nSPS) is 13.0. The van der Waals surface area contributed by atoms with Crippen molar-refractivity contribution < 1.29 is 4.79 Å². The summed E-state index contributed by atoms with van der Waals surface area (Å²) in [7, 11) is 0. The van der Waals surface area contributed by atoms with Crippen LogP contribution in [0.2, 0.25) is 0 Å². The molecule has 0 heterocycles. The first kappa shape index (κ1) is 18.3. The molecule has 0 saturated carbocycles. The van der Waals surface area contributed by atoms with Gasteiger partial charge in [-0.1, -0.05) is 60.2 Å². The van der Waals surface area contributed by atoms with Gasteiger partial charge in [0, 0.05) is 11.3 Å². The molecule has 2 heteroatoms. The molecule has 0 fully saturated rings. The van der Waals surface area contributed by atoms with Crippen LogP contribution in [0, 0.1) is 6.92 Å². The summed E-state index contributed by atoms with van der Waals surface area (Å²) in [5.41, 5.74) is 2.23.